The zero-order valence-electron chi connectivity index (χ0n) is 14.8. The summed E-state index contributed by atoms with van der Waals surface area (Å²) >= 11 is 9.21. The first-order chi connectivity index (χ1) is 13.3. The molecular weight excluding hydrogens is 452 g/mol. The molecule has 0 unspecified atom stereocenters. The predicted molar refractivity (Wildman–Crippen MR) is 103 cm³/mol. The number of esters is 1. The summed E-state index contributed by atoms with van der Waals surface area (Å²) < 4.78 is 5.63. The van der Waals surface area contributed by atoms with Crippen LogP contribution in [0.15, 0.2) is 22.7 Å². The minimum Gasteiger partial charge on any atom is -0.454 e. The van der Waals surface area contributed by atoms with Crippen LogP contribution in [-0.2, 0) is 23.9 Å². The summed E-state index contributed by atoms with van der Waals surface area (Å²) in [4.78, 5) is 50.1. The van der Waals surface area contributed by atoms with Crippen LogP contribution in [0.4, 0.5) is 5.69 Å². The summed E-state index contributed by atoms with van der Waals surface area (Å²) in [5, 5.41) is 2.99. The molecule has 1 aliphatic heterocycles. The van der Waals surface area contributed by atoms with E-state index in [-0.39, 0.29) is 35.5 Å². The molecule has 9 heteroatoms. The van der Waals surface area contributed by atoms with Crippen molar-refractivity contribution in [1.29, 1.82) is 0 Å². The number of carbonyl (C=O) groups excluding carboxylic acids is 4. The van der Waals surface area contributed by atoms with Gasteiger partial charge in [0, 0.05) is 10.2 Å². The minimum atomic E-state index is -0.780. The van der Waals surface area contributed by atoms with Crippen LogP contribution in [-0.4, -0.2) is 41.7 Å². The largest absolute Gasteiger partial charge is 0.454 e. The number of carbonyl (C=O) groups is 4. The van der Waals surface area contributed by atoms with Gasteiger partial charge in [0.15, 0.2) is 6.61 Å². The van der Waals surface area contributed by atoms with Gasteiger partial charge in [-0.3, -0.25) is 24.1 Å². The average molecular weight is 470 g/mol. The quantitative estimate of drug-likeness (QED) is 0.529. The fraction of sp³-hybridized carbons (Fsp3) is 0.474. The molecule has 148 valence electrons. The lowest BCUT2D eigenvalue weighted by Gasteiger charge is -2.19. The van der Waals surface area contributed by atoms with E-state index in [1.807, 2.05) is 0 Å². The first-order valence-electron chi connectivity index (χ1n) is 9.11. The SMILES string of the molecule is O=C(COC(=O)CN1C(=O)[C@@H]2[C@H]3CC[C@@H](C3)[C@@H]2C1=O)Nc1ccc(Br)c(Cl)c1. The normalized spacial score (nSPS) is 27.9. The Morgan fingerprint density at radius 3 is 2.43 bits per heavy atom. The summed E-state index contributed by atoms with van der Waals surface area (Å²) in [6.45, 7) is -0.956. The van der Waals surface area contributed by atoms with Gasteiger partial charge in [0.25, 0.3) is 5.91 Å². The van der Waals surface area contributed by atoms with E-state index >= 15 is 0 Å². The number of anilines is 1. The van der Waals surface area contributed by atoms with Crippen molar-refractivity contribution in [2.24, 2.45) is 23.7 Å². The predicted octanol–water partition coefficient (Wildman–Crippen LogP) is 2.62. The molecule has 3 aliphatic rings. The lowest BCUT2D eigenvalue weighted by molar-refractivity contribution is -0.154. The van der Waals surface area contributed by atoms with E-state index < -0.39 is 25.0 Å². The van der Waals surface area contributed by atoms with E-state index in [1.54, 1.807) is 18.2 Å². The van der Waals surface area contributed by atoms with Crippen LogP contribution in [0.25, 0.3) is 0 Å². The molecule has 0 spiro atoms. The fourth-order valence-electron chi connectivity index (χ4n) is 4.72. The van der Waals surface area contributed by atoms with Crippen molar-refractivity contribution in [1.82, 2.24) is 4.90 Å². The highest BCUT2D eigenvalue weighted by molar-refractivity contribution is 9.10. The molecule has 2 bridgehead atoms. The average Bonchev–Trinajstić information content (AvgIpc) is 3.33. The Morgan fingerprint density at radius 2 is 1.82 bits per heavy atom. The number of likely N-dealkylation sites (tertiary alicyclic amines) is 1. The first-order valence-corrected chi connectivity index (χ1v) is 10.3. The van der Waals surface area contributed by atoms with Crippen molar-refractivity contribution in [3.05, 3.63) is 27.7 Å². The van der Waals surface area contributed by atoms with Crippen molar-refractivity contribution in [3.8, 4) is 0 Å². The second-order valence-corrected chi connectivity index (χ2v) is 8.75. The number of hydrogen-bond donors (Lipinski definition) is 1. The Hall–Kier alpha value is -1.93. The van der Waals surface area contributed by atoms with E-state index in [4.69, 9.17) is 16.3 Å². The van der Waals surface area contributed by atoms with E-state index in [0.29, 0.717) is 15.2 Å². The monoisotopic (exact) mass is 468 g/mol. The van der Waals surface area contributed by atoms with Gasteiger partial charge in [-0.25, -0.2) is 0 Å². The molecule has 4 atom stereocenters. The summed E-state index contributed by atoms with van der Waals surface area (Å²) in [5.74, 6) is -1.89. The lowest BCUT2D eigenvalue weighted by Crippen LogP contribution is -2.38. The summed E-state index contributed by atoms with van der Waals surface area (Å²) in [6.07, 6.45) is 2.89. The molecular formula is C19H18BrClN2O5. The number of benzene rings is 1. The molecule has 2 saturated carbocycles. The number of nitrogens with zero attached hydrogens (tertiary/aromatic N) is 1. The highest BCUT2D eigenvalue weighted by atomic mass is 79.9. The van der Waals surface area contributed by atoms with E-state index in [0.717, 1.165) is 24.2 Å². The van der Waals surface area contributed by atoms with E-state index in [2.05, 4.69) is 21.2 Å². The van der Waals surface area contributed by atoms with Gasteiger partial charge in [-0.05, 0) is 65.2 Å². The van der Waals surface area contributed by atoms with Crippen LogP contribution < -0.4 is 5.32 Å². The number of fused-ring (bicyclic) bond motifs is 5. The maximum Gasteiger partial charge on any atom is 0.326 e. The van der Waals surface area contributed by atoms with Crippen LogP contribution in [0.3, 0.4) is 0 Å². The second-order valence-electron chi connectivity index (χ2n) is 7.49. The number of ether oxygens (including phenoxy) is 1. The Morgan fingerprint density at radius 1 is 1.18 bits per heavy atom. The third-order valence-corrected chi connectivity index (χ3v) is 7.11. The Kier molecular flexibility index (Phi) is 5.18. The summed E-state index contributed by atoms with van der Waals surface area (Å²) in [5.41, 5.74) is 0.461. The molecule has 3 amide bonds. The zero-order chi connectivity index (χ0) is 20.0. The molecule has 1 heterocycles. The molecule has 1 aromatic carbocycles. The summed E-state index contributed by atoms with van der Waals surface area (Å²) in [6, 6.07) is 4.88. The number of rotatable bonds is 5. The maximum absolute atomic E-state index is 12.6. The lowest BCUT2D eigenvalue weighted by atomic mass is 9.81. The van der Waals surface area contributed by atoms with Crippen molar-refractivity contribution in [2.45, 2.75) is 19.3 Å². The van der Waals surface area contributed by atoms with Crippen LogP contribution in [0, 0.1) is 23.7 Å². The molecule has 0 radical (unpaired) electrons. The van der Waals surface area contributed by atoms with E-state index in [9.17, 15) is 19.2 Å². The number of imide groups is 1. The Labute approximate surface area is 174 Å². The van der Waals surface area contributed by atoms with Crippen molar-refractivity contribution in [2.75, 3.05) is 18.5 Å². The highest BCUT2D eigenvalue weighted by Gasteiger charge is 2.61. The molecule has 7 nitrogen and oxygen atoms in total. The number of nitrogens with one attached hydrogen (secondary N) is 1. The maximum atomic E-state index is 12.6. The van der Waals surface area contributed by atoms with Gasteiger partial charge in [0.05, 0.1) is 16.9 Å². The molecule has 4 rings (SSSR count). The Balaban J connectivity index is 1.29. The van der Waals surface area contributed by atoms with Crippen LogP contribution in [0.5, 0.6) is 0 Å². The minimum absolute atomic E-state index is 0.260. The van der Waals surface area contributed by atoms with Gasteiger partial charge in [0.1, 0.15) is 6.54 Å². The van der Waals surface area contributed by atoms with Crippen molar-refractivity contribution in [3.63, 3.8) is 0 Å². The molecule has 3 fully saturated rings. The van der Waals surface area contributed by atoms with Gasteiger partial charge < -0.3 is 10.1 Å². The molecule has 28 heavy (non-hydrogen) atoms. The van der Waals surface area contributed by atoms with Crippen LogP contribution in [0.1, 0.15) is 19.3 Å². The smallest absolute Gasteiger partial charge is 0.326 e. The zero-order valence-corrected chi connectivity index (χ0v) is 17.2. The molecule has 1 N–H and O–H groups in total. The van der Waals surface area contributed by atoms with Crippen molar-refractivity contribution < 1.29 is 23.9 Å². The highest BCUT2D eigenvalue weighted by Crippen LogP contribution is 2.56. The van der Waals surface area contributed by atoms with Crippen LogP contribution in [0.2, 0.25) is 5.02 Å². The number of hydrogen-bond acceptors (Lipinski definition) is 5. The molecule has 2 aliphatic carbocycles. The topological polar surface area (TPSA) is 92.8 Å². The number of halogens is 2. The third-order valence-electron chi connectivity index (χ3n) is 5.87. The van der Waals surface area contributed by atoms with Gasteiger partial charge in [-0.1, -0.05) is 11.6 Å². The number of amides is 3. The van der Waals surface area contributed by atoms with Gasteiger partial charge >= 0.3 is 5.97 Å². The van der Waals surface area contributed by atoms with Gasteiger partial charge in [-0.2, -0.15) is 0 Å². The molecule has 1 aromatic rings. The first kappa shape index (κ1) is 19.4. The van der Waals surface area contributed by atoms with Gasteiger partial charge in [-0.15, -0.1) is 0 Å². The fourth-order valence-corrected chi connectivity index (χ4v) is 5.15. The van der Waals surface area contributed by atoms with Crippen molar-refractivity contribution >= 4 is 56.9 Å². The molecule has 1 saturated heterocycles. The van der Waals surface area contributed by atoms with E-state index in [1.165, 1.54) is 0 Å². The Bertz CT molecular complexity index is 848. The third kappa shape index (κ3) is 3.43. The standard InChI is InChI=1S/C19H18BrClN2O5/c20-12-4-3-11(6-13(12)21)22-14(24)8-28-15(25)7-23-18(26)16-9-1-2-10(5-9)17(16)19(23)27/h3-4,6,9-10,16-17H,1-2,5,7-8H2,(H,22,24)/t9-,10-,16-,17+/m0/s1. The van der Waals surface area contributed by atoms with Gasteiger partial charge in [0.2, 0.25) is 11.8 Å². The van der Waals surface area contributed by atoms with Crippen LogP contribution >= 0.6 is 27.5 Å². The molecule has 0 aromatic heterocycles. The second kappa shape index (κ2) is 7.48. The summed E-state index contributed by atoms with van der Waals surface area (Å²) in [7, 11) is 0.